The van der Waals surface area contributed by atoms with E-state index in [2.05, 4.69) is 15.3 Å². The lowest BCUT2D eigenvalue weighted by Gasteiger charge is -2.04. The first-order valence-electron chi connectivity index (χ1n) is 4.17. The number of benzene rings is 1. The standard InChI is InChI=1S/C9H9Cl2N3O2/c1-16-9(15)8(12)14-13-7-3-2-5(10)4-6(7)11/h2-4,13H,1H3,(H2,12,14). The highest BCUT2D eigenvalue weighted by Gasteiger charge is 2.06. The predicted molar refractivity (Wildman–Crippen MR) is 63.7 cm³/mol. The Hall–Kier alpha value is -1.46. The fourth-order valence-electron chi connectivity index (χ4n) is 0.851. The van der Waals surface area contributed by atoms with Gasteiger partial charge in [-0.05, 0) is 18.2 Å². The summed E-state index contributed by atoms with van der Waals surface area (Å²) in [5, 5.41) is 4.47. The Morgan fingerprint density at radius 3 is 2.75 bits per heavy atom. The van der Waals surface area contributed by atoms with E-state index in [1.807, 2.05) is 0 Å². The molecule has 0 saturated carbocycles. The third-order valence-electron chi connectivity index (χ3n) is 1.62. The third-order valence-corrected chi connectivity index (χ3v) is 2.17. The molecule has 0 aliphatic heterocycles. The van der Waals surface area contributed by atoms with Gasteiger partial charge in [-0.2, -0.15) is 0 Å². The van der Waals surface area contributed by atoms with Gasteiger partial charge >= 0.3 is 5.97 Å². The molecule has 0 fully saturated rings. The SMILES string of the molecule is COC(=O)/C(N)=N/Nc1ccc(Cl)cc1Cl. The minimum absolute atomic E-state index is 0.298. The van der Waals surface area contributed by atoms with Crippen LogP contribution in [-0.2, 0) is 9.53 Å². The van der Waals surface area contributed by atoms with Crippen LogP contribution in [0.25, 0.3) is 0 Å². The summed E-state index contributed by atoms with van der Waals surface area (Å²) in [4.78, 5) is 10.9. The number of nitrogens with one attached hydrogen (secondary N) is 1. The number of nitrogens with two attached hydrogens (primary N) is 1. The predicted octanol–water partition coefficient (Wildman–Crippen LogP) is 1.85. The van der Waals surface area contributed by atoms with Crippen molar-refractivity contribution in [3.63, 3.8) is 0 Å². The Kier molecular flexibility index (Phi) is 4.39. The van der Waals surface area contributed by atoms with E-state index in [4.69, 9.17) is 28.9 Å². The summed E-state index contributed by atoms with van der Waals surface area (Å²) in [5.74, 6) is -1.02. The molecule has 86 valence electrons. The monoisotopic (exact) mass is 261 g/mol. The topological polar surface area (TPSA) is 76.7 Å². The molecule has 0 heterocycles. The van der Waals surface area contributed by atoms with Crippen LogP contribution in [0.2, 0.25) is 10.0 Å². The van der Waals surface area contributed by atoms with Crippen molar-refractivity contribution in [3.8, 4) is 0 Å². The lowest BCUT2D eigenvalue weighted by atomic mass is 10.3. The number of anilines is 1. The van der Waals surface area contributed by atoms with Gasteiger partial charge in [0, 0.05) is 5.02 Å². The van der Waals surface area contributed by atoms with Crippen molar-refractivity contribution in [2.45, 2.75) is 0 Å². The van der Waals surface area contributed by atoms with Crippen molar-refractivity contribution in [1.82, 2.24) is 0 Å². The number of methoxy groups -OCH3 is 1. The van der Waals surface area contributed by atoms with Gasteiger partial charge in [-0.3, -0.25) is 5.43 Å². The molecule has 0 saturated heterocycles. The normalized spacial score (nSPS) is 11.1. The first kappa shape index (κ1) is 12.6. The molecule has 7 heteroatoms. The number of carbonyl (C=O) groups excluding carboxylic acids is 1. The highest BCUT2D eigenvalue weighted by Crippen LogP contribution is 2.25. The van der Waals surface area contributed by atoms with Gasteiger partial charge in [0.1, 0.15) is 0 Å². The number of hydrogen-bond acceptors (Lipinski definition) is 4. The summed E-state index contributed by atoms with van der Waals surface area (Å²) < 4.78 is 4.36. The fourth-order valence-corrected chi connectivity index (χ4v) is 1.30. The largest absolute Gasteiger partial charge is 0.463 e. The summed E-state index contributed by atoms with van der Waals surface area (Å²) in [6.45, 7) is 0. The van der Waals surface area contributed by atoms with Crippen LogP contribution in [-0.4, -0.2) is 18.9 Å². The highest BCUT2D eigenvalue weighted by atomic mass is 35.5. The van der Waals surface area contributed by atoms with Gasteiger partial charge in [0.2, 0.25) is 5.84 Å². The van der Waals surface area contributed by atoms with Gasteiger partial charge in [0.25, 0.3) is 0 Å². The van der Waals surface area contributed by atoms with Gasteiger partial charge in [0.15, 0.2) is 0 Å². The lowest BCUT2D eigenvalue weighted by Crippen LogP contribution is -2.26. The second-order valence-electron chi connectivity index (χ2n) is 2.72. The van der Waals surface area contributed by atoms with Crippen molar-refractivity contribution in [1.29, 1.82) is 0 Å². The van der Waals surface area contributed by atoms with E-state index in [0.29, 0.717) is 15.7 Å². The molecule has 1 aromatic rings. The Labute approximate surface area is 102 Å². The number of nitrogens with zero attached hydrogens (tertiary/aromatic N) is 1. The molecular formula is C9H9Cl2N3O2. The molecular weight excluding hydrogens is 253 g/mol. The summed E-state index contributed by atoms with van der Waals surface area (Å²) >= 11 is 11.6. The molecule has 0 bridgehead atoms. The molecule has 0 aliphatic rings. The number of carbonyl (C=O) groups is 1. The number of hydrogen-bond donors (Lipinski definition) is 2. The van der Waals surface area contributed by atoms with Crippen LogP contribution in [0, 0.1) is 0 Å². The van der Waals surface area contributed by atoms with Crippen LogP contribution in [0.5, 0.6) is 0 Å². The van der Waals surface area contributed by atoms with E-state index in [1.165, 1.54) is 13.2 Å². The Balaban J connectivity index is 2.78. The molecule has 0 amide bonds. The summed E-state index contributed by atoms with van der Waals surface area (Å²) in [6.07, 6.45) is 0. The minimum atomic E-state index is -0.724. The maximum Gasteiger partial charge on any atom is 0.375 e. The van der Waals surface area contributed by atoms with Crippen LogP contribution in [0.4, 0.5) is 5.69 Å². The molecule has 1 aromatic carbocycles. The molecule has 3 N–H and O–H groups in total. The summed E-state index contributed by atoms with van der Waals surface area (Å²) in [5.41, 5.74) is 8.31. The van der Waals surface area contributed by atoms with E-state index in [0.717, 1.165) is 0 Å². The van der Waals surface area contributed by atoms with Crippen molar-refractivity contribution in [2.24, 2.45) is 10.8 Å². The van der Waals surface area contributed by atoms with Crippen molar-refractivity contribution in [3.05, 3.63) is 28.2 Å². The fraction of sp³-hybridized carbons (Fsp3) is 0.111. The lowest BCUT2D eigenvalue weighted by molar-refractivity contribution is -0.132. The quantitative estimate of drug-likeness (QED) is 0.369. The maximum atomic E-state index is 10.9. The smallest absolute Gasteiger partial charge is 0.375 e. The molecule has 0 radical (unpaired) electrons. The van der Waals surface area contributed by atoms with E-state index in [9.17, 15) is 4.79 Å². The number of halogens is 2. The van der Waals surface area contributed by atoms with Crippen LogP contribution in [0.3, 0.4) is 0 Å². The average Bonchev–Trinajstić information content (AvgIpc) is 2.26. The van der Waals surface area contributed by atoms with Crippen LogP contribution < -0.4 is 11.2 Å². The third kappa shape index (κ3) is 3.29. The number of rotatable bonds is 2. The van der Waals surface area contributed by atoms with Gasteiger partial charge in [-0.15, -0.1) is 5.10 Å². The zero-order chi connectivity index (χ0) is 12.1. The van der Waals surface area contributed by atoms with Gasteiger partial charge in [0.05, 0.1) is 17.8 Å². The Morgan fingerprint density at radius 1 is 1.50 bits per heavy atom. The first-order valence-corrected chi connectivity index (χ1v) is 4.92. The average molecular weight is 262 g/mol. The minimum Gasteiger partial charge on any atom is -0.463 e. The maximum absolute atomic E-state index is 10.9. The van der Waals surface area contributed by atoms with E-state index in [1.54, 1.807) is 12.1 Å². The molecule has 0 atom stereocenters. The Morgan fingerprint density at radius 2 is 2.19 bits per heavy atom. The second-order valence-corrected chi connectivity index (χ2v) is 3.57. The van der Waals surface area contributed by atoms with E-state index < -0.39 is 5.97 Å². The summed E-state index contributed by atoms with van der Waals surface area (Å²) in [7, 11) is 1.21. The molecule has 16 heavy (non-hydrogen) atoms. The van der Waals surface area contributed by atoms with Crippen molar-refractivity contribution < 1.29 is 9.53 Å². The zero-order valence-corrected chi connectivity index (χ0v) is 9.84. The molecule has 0 unspecified atom stereocenters. The van der Waals surface area contributed by atoms with E-state index in [-0.39, 0.29) is 5.84 Å². The van der Waals surface area contributed by atoms with E-state index >= 15 is 0 Å². The zero-order valence-electron chi connectivity index (χ0n) is 8.33. The molecule has 5 nitrogen and oxygen atoms in total. The van der Waals surface area contributed by atoms with Gasteiger partial charge < -0.3 is 10.5 Å². The molecule has 1 rings (SSSR count). The van der Waals surface area contributed by atoms with Crippen LogP contribution in [0.15, 0.2) is 23.3 Å². The van der Waals surface area contributed by atoms with Crippen LogP contribution in [0.1, 0.15) is 0 Å². The molecule has 0 aliphatic carbocycles. The second kappa shape index (κ2) is 5.58. The van der Waals surface area contributed by atoms with Crippen molar-refractivity contribution in [2.75, 3.05) is 12.5 Å². The number of esters is 1. The van der Waals surface area contributed by atoms with Crippen LogP contribution >= 0.6 is 23.2 Å². The van der Waals surface area contributed by atoms with Crippen molar-refractivity contribution >= 4 is 40.7 Å². The molecule has 0 spiro atoms. The van der Waals surface area contributed by atoms with Gasteiger partial charge in [-0.1, -0.05) is 23.2 Å². The number of ether oxygens (including phenoxy) is 1. The number of amidine groups is 1. The number of hydrazone groups is 1. The Bertz CT molecular complexity index is 435. The molecule has 0 aromatic heterocycles. The summed E-state index contributed by atoms with van der Waals surface area (Å²) in [6, 6.07) is 4.77. The van der Waals surface area contributed by atoms with Gasteiger partial charge in [-0.25, -0.2) is 4.79 Å². The highest BCUT2D eigenvalue weighted by molar-refractivity contribution is 6.36. The first-order chi connectivity index (χ1) is 7.54.